The minimum Gasteiger partial charge on any atom is -0.360 e. The molecule has 1 aromatic rings. The Morgan fingerprint density at radius 1 is 1.44 bits per heavy atom. The summed E-state index contributed by atoms with van der Waals surface area (Å²) in [6.45, 7) is 7.32. The molecule has 1 atom stereocenters. The van der Waals surface area contributed by atoms with Gasteiger partial charge in [-0.15, -0.1) is 0 Å². The molecule has 90 valence electrons. The number of nitrogens with two attached hydrogens (primary N) is 1. The Morgan fingerprint density at radius 3 is 2.62 bits per heavy atom. The highest BCUT2D eigenvalue weighted by Gasteiger charge is 2.07. The third-order valence-electron chi connectivity index (χ3n) is 2.97. The van der Waals surface area contributed by atoms with Gasteiger partial charge in [0, 0.05) is 25.8 Å². The Hall–Kier alpha value is -1.09. The van der Waals surface area contributed by atoms with Crippen LogP contribution in [0.1, 0.15) is 31.4 Å². The van der Waals surface area contributed by atoms with Crippen LogP contribution >= 0.6 is 0 Å². The summed E-state index contributed by atoms with van der Waals surface area (Å²) in [6.07, 6.45) is 3.88. The first-order valence-electron chi connectivity index (χ1n) is 6.00. The summed E-state index contributed by atoms with van der Waals surface area (Å²) in [5.41, 5.74) is 8.40. The fourth-order valence-corrected chi connectivity index (χ4v) is 1.73. The monoisotopic (exact) mass is 221 g/mol. The lowest BCUT2D eigenvalue weighted by atomic mass is 10.0. The van der Waals surface area contributed by atoms with E-state index < -0.39 is 0 Å². The Labute approximate surface area is 98.7 Å². The van der Waals surface area contributed by atoms with Crippen molar-refractivity contribution >= 4 is 5.82 Å². The molecule has 1 heterocycles. The Kier molecular flexibility index (Phi) is 4.74. The number of anilines is 1. The highest BCUT2D eigenvalue weighted by Crippen LogP contribution is 2.17. The normalized spacial score (nSPS) is 12.6. The van der Waals surface area contributed by atoms with E-state index in [0.29, 0.717) is 0 Å². The average Bonchev–Trinajstić information content (AvgIpc) is 2.28. The van der Waals surface area contributed by atoms with E-state index >= 15 is 0 Å². The molecule has 0 aliphatic heterocycles. The van der Waals surface area contributed by atoms with Gasteiger partial charge in [0.25, 0.3) is 0 Å². The van der Waals surface area contributed by atoms with Gasteiger partial charge in [-0.25, -0.2) is 4.98 Å². The molecule has 0 radical (unpaired) electrons. The quantitative estimate of drug-likeness (QED) is 0.828. The topological polar surface area (TPSA) is 42.1 Å². The van der Waals surface area contributed by atoms with E-state index in [2.05, 4.69) is 43.8 Å². The average molecular weight is 221 g/mol. The fraction of sp³-hybridized carbons (Fsp3) is 0.615. The first kappa shape index (κ1) is 13.0. The molecule has 0 saturated carbocycles. The summed E-state index contributed by atoms with van der Waals surface area (Å²) in [4.78, 5) is 6.66. The minimum absolute atomic E-state index is 0.246. The number of hydrogen-bond acceptors (Lipinski definition) is 3. The first-order chi connectivity index (χ1) is 7.58. The summed E-state index contributed by atoms with van der Waals surface area (Å²) in [5.74, 6) is 1.07. The van der Waals surface area contributed by atoms with E-state index in [1.54, 1.807) is 0 Å². The molecular weight excluding hydrogens is 198 g/mol. The Morgan fingerprint density at radius 2 is 2.12 bits per heavy atom. The predicted molar refractivity (Wildman–Crippen MR) is 69.9 cm³/mol. The van der Waals surface area contributed by atoms with Gasteiger partial charge in [-0.3, -0.25) is 0 Å². The first-order valence-corrected chi connectivity index (χ1v) is 6.00. The van der Waals surface area contributed by atoms with Gasteiger partial charge in [0.1, 0.15) is 5.82 Å². The molecule has 3 heteroatoms. The van der Waals surface area contributed by atoms with E-state index in [1.807, 2.05) is 6.20 Å². The third kappa shape index (κ3) is 3.20. The van der Waals surface area contributed by atoms with Crippen LogP contribution in [0.5, 0.6) is 0 Å². The van der Waals surface area contributed by atoms with Crippen LogP contribution in [-0.2, 0) is 6.42 Å². The maximum absolute atomic E-state index is 5.94. The molecule has 0 bridgehead atoms. The largest absolute Gasteiger partial charge is 0.360 e. The van der Waals surface area contributed by atoms with Crippen LogP contribution in [0.25, 0.3) is 0 Å². The van der Waals surface area contributed by atoms with Crippen molar-refractivity contribution in [2.75, 3.05) is 18.5 Å². The van der Waals surface area contributed by atoms with Crippen LogP contribution in [0, 0.1) is 6.92 Å². The summed E-state index contributed by atoms with van der Waals surface area (Å²) < 4.78 is 0. The van der Waals surface area contributed by atoms with Crippen LogP contribution in [0.3, 0.4) is 0 Å². The van der Waals surface area contributed by atoms with Crippen molar-refractivity contribution in [3.63, 3.8) is 0 Å². The van der Waals surface area contributed by atoms with Gasteiger partial charge in [-0.05, 0) is 37.8 Å². The molecule has 0 spiro atoms. The Bertz CT molecular complexity index is 336. The van der Waals surface area contributed by atoms with Crippen molar-refractivity contribution in [2.24, 2.45) is 5.73 Å². The zero-order chi connectivity index (χ0) is 12.1. The van der Waals surface area contributed by atoms with Crippen molar-refractivity contribution in [3.05, 3.63) is 23.4 Å². The van der Waals surface area contributed by atoms with Gasteiger partial charge in [-0.2, -0.15) is 0 Å². The molecule has 3 nitrogen and oxygen atoms in total. The second-order valence-corrected chi connectivity index (χ2v) is 4.37. The van der Waals surface area contributed by atoms with Gasteiger partial charge < -0.3 is 10.6 Å². The van der Waals surface area contributed by atoms with Gasteiger partial charge in [0.2, 0.25) is 0 Å². The third-order valence-corrected chi connectivity index (χ3v) is 2.97. The molecule has 0 fully saturated rings. The zero-order valence-corrected chi connectivity index (χ0v) is 10.8. The van der Waals surface area contributed by atoms with Crippen LogP contribution in [0.15, 0.2) is 12.3 Å². The second kappa shape index (κ2) is 5.85. The summed E-state index contributed by atoms with van der Waals surface area (Å²) in [7, 11) is 2.06. The molecule has 0 amide bonds. The lowest BCUT2D eigenvalue weighted by Crippen LogP contribution is -2.22. The fourth-order valence-electron chi connectivity index (χ4n) is 1.73. The van der Waals surface area contributed by atoms with Crippen molar-refractivity contribution in [1.82, 2.24) is 4.98 Å². The number of pyridine rings is 1. The number of aryl methyl sites for hydroxylation is 1. The van der Waals surface area contributed by atoms with E-state index in [1.165, 1.54) is 11.1 Å². The Balaban J connectivity index is 2.82. The lowest BCUT2D eigenvalue weighted by Gasteiger charge is -2.19. The number of nitrogens with zero attached hydrogens (tertiary/aromatic N) is 2. The van der Waals surface area contributed by atoms with Gasteiger partial charge in [0.05, 0.1) is 0 Å². The van der Waals surface area contributed by atoms with Crippen LogP contribution in [0.2, 0.25) is 0 Å². The van der Waals surface area contributed by atoms with E-state index in [-0.39, 0.29) is 6.04 Å². The maximum atomic E-state index is 5.94. The molecule has 1 unspecified atom stereocenters. The smallest absolute Gasteiger partial charge is 0.131 e. The molecule has 1 rings (SSSR count). The zero-order valence-electron chi connectivity index (χ0n) is 10.8. The SMILES string of the molecule is CCC(N)Cc1cnc(N(C)CC)c(C)c1. The van der Waals surface area contributed by atoms with E-state index in [0.717, 1.165) is 25.2 Å². The van der Waals surface area contributed by atoms with E-state index in [9.17, 15) is 0 Å². The van der Waals surface area contributed by atoms with Crippen LogP contribution < -0.4 is 10.6 Å². The van der Waals surface area contributed by atoms with Gasteiger partial charge >= 0.3 is 0 Å². The van der Waals surface area contributed by atoms with Crippen LogP contribution in [-0.4, -0.2) is 24.6 Å². The van der Waals surface area contributed by atoms with E-state index in [4.69, 9.17) is 5.73 Å². The van der Waals surface area contributed by atoms with Crippen molar-refractivity contribution in [2.45, 2.75) is 39.7 Å². The molecule has 16 heavy (non-hydrogen) atoms. The van der Waals surface area contributed by atoms with Crippen molar-refractivity contribution in [1.29, 1.82) is 0 Å². The standard InChI is InChI=1S/C13H23N3/c1-5-12(14)8-11-7-10(3)13(15-9-11)16(4)6-2/h7,9,12H,5-6,8,14H2,1-4H3. The molecule has 0 aliphatic rings. The molecule has 0 aliphatic carbocycles. The molecule has 0 saturated heterocycles. The summed E-state index contributed by atoms with van der Waals surface area (Å²) in [6, 6.07) is 2.44. The molecule has 1 aromatic heterocycles. The van der Waals surface area contributed by atoms with Gasteiger partial charge in [0.15, 0.2) is 0 Å². The minimum atomic E-state index is 0.246. The lowest BCUT2D eigenvalue weighted by molar-refractivity contribution is 0.644. The predicted octanol–water partition coefficient (Wildman–Crippen LogP) is 2.13. The number of rotatable bonds is 5. The van der Waals surface area contributed by atoms with Crippen molar-refractivity contribution < 1.29 is 0 Å². The van der Waals surface area contributed by atoms with Crippen LogP contribution in [0.4, 0.5) is 5.82 Å². The molecule has 2 N–H and O–H groups in total. The number of hydrogen-bond donors (Lipinski definition) is 1. The molecule has 0 aromatic carbocycles. The summed E-state index contributed by atoms with van der Waals surface area (Å²) >= 11 is 0. The highest BCUT2D eigenvalue weighted by molar-refractivity contribution is 5.46. The maximum Gasteiger partial charge on any atom is 0.131 e. The van der Waals surface area contributed by atoms with Gasteiger partial charge in [-0.1, -0.05) is 13.0 Å². The second-order valence-electron chi connectivity index (χ2n) is 4.37. The summed E-state index contributed by atoms with van der Waals surface area (Å²) in [5, 5.41) is 0. The highest BCUT2D eigenvalue weighted by atomic mass is 15.2. The van der Waals surface area contributed by atoms with Crippen molar-refractivity contribution in [3.8, 4) is 0 Å². The number of aromatic nitrogens is 1. The molecular formula is C13H23N3.